The number of rotatable bonds is 6. The molecule has 0 unspecified atom stereocenters. The van der Waals surface area contributed by atoms with Gasteiger partial charge in [0.25, 0.3) is 0 Å². The van der Waals surface area contributed by atoms with Gasteiger partial charge in [0.1, 0.15) is 5.76 Å². The number of furan rings is 1. The Labute approximate surface area is 201 Å². The maximum Gasteiger partial charge on any atom is 0.338 e. The van der Waals surface area contributed by atoms with Crippen LogP contribution in [0.3, 0.4) is 0 Å². The number of nitrogens with two attached hydrogens (primary N) is 1. The second kappa shape index (κ2) is 9.86. The molecule has 0 bridgehead atoms. The number of nitrogens with zero attached hydrogens (tertiary/aromatic N) is 3. The number of amidine groups is 1. The number of carbonyl (C=O) groups excluding carboxylic acids is 1. The molecule has 35 heavy (non-hydrogen) atoms. The Morgan fingerprint density at radius 1 is 1.11 bits per heavy atom. The van der Waals surface area contributed by atoms with Crippen LogP contribution in [0.5, 0.6) is 0 Å². The molecule has 1 saturated heterocycles. The third-order valence-electron chi connectivity index (χ3n) is 5.65. The van der Waals surface area contributed by atoms with E-state index in [1.165, 1.54) is 7.11 Å². The van der Waals surface area contributed by atoms with Crippen molar-refractivity contribution in [3.05, 3.63) is 77.6 Å². The molecular weight excluding hydrogens is 446 g/mol. The number of esters is 1. The number of H-pyrrole nitrogens is 1. The van der Waals surface area contributed by atoms with Crippen LogP contribution in [-0.2, 0) is 14.3 Å². The van der Waals surface area contributed by atoms with E-state index in [1.54, 1.807) is 18.2 Å². The first-order valence-electron chi connectivity index (χ1n) is 11.2. The molecule has 5 rings (SSSR count). The van der Waals surface area contributed by atoms with E-state index >= 15 is 0 Å². The van der Waals surface area contributed by atoms with Crippen LogP contribution in [-0.4, -0.2) is 60.2 Å². The topological polar surface area (TPSA) is 119 Å². The third-order valence-corrected chi connectivity index (χ3v) is 5.65. The summed E-state index contributed by atoms with van der Waals surface area (Å²) in [5.41, 5.74) is 9.76. The van der Waals surface area contributed by atoms with Crippen LogP contribution < -0.4 is 5.73 Å². The van der Waals surface area contributed by atoms with Gasteiger partial charge in [-0.1, -0.05) is 30.3 Å². The lowest BCUT2D eigenvalue weighted by Crippen LogP contribution is -2.34. The van der Waals surface area contributed by atoms with Crippen molar-refractivity contribution in [3.63, 3.8) is 0 Å². The Morgan fingerprint density at radius 2 is 1.91 bits per heavy atom. The molecule has 1 fully saturated rings. The molecule has 0 aliphatic carbocycles. The fourth-order valence-electron chi connectivity index (χ4n) is 3.84. The second-order valence-corrected chi connectivity index (χ2v) is 7.99. The standard InChI is InChI=1S/C26H25N5O4/c1-33-26(32)20(17-5-3-2-4-6-17)16-19-8-10-23(35-19)25-28-21-9-7-18(15-22(21)29-25)24(27)30-31-11-13-34-14-12-31/h2-10,15-16H,11-14H2,1H3,(H2,27,30)(H,28,29)/b20-16+. The summed E-state index contributed by atoms with van der Waals surface area (Å²) in [5, 5.41) is 6.42. The quantitative estimate of drug-likeness (QED) is 0.191. The summed E-state index contributed by atoms with van der Waals surface area (Å²) in [5.74, 6) is 1.61. The predicted octanol–water partition coefficient (Wildman–Crippen LogP) is 3.49. The molecule has 1 aliphatic heterocycles. The predicted molar refractivity (Wildman–Crippen MR) is 133 cm³/mol. The van der Waals surface area contributed by atoms with Crippen LogP contribution in [0.2, 0.25) is 0 Å². The van der Waals surface area contributed by atoms with Gasteiger partial charge in [-0.15, -0.1) is 0 Å². The molecular formula is C26H25N5O4. The molecule has 4 aromatic rings. The van der Waals surface area contributed by atoms with Crippen molar-refractivity contribution in [1.29, 1.82) is 0 Å². The van der Waals surface area contributed by atoms with Crippen molar-refractivity contribution in [2.24, 2.45) is 10.8 Å². The number of ether oxygens (including phenoxy) is 2. The van der Waals surface area contributed by atoms with Crippen molar-refractivity contribution in [2.75, 3.05) is 33.4 Å². The number of imidazole rings is 1. The lowest BCUT2D eigenvalue weighted by molar-refractivity contribution is -0.133. The molecule has 0 spiro atoms. The summed E-state index contributed by atoms with van der Waals surface area (Å²) in [4.78, 5) is 20.3. The summed E-state index contributed by atoms with van der Waals surface area (Å²) in [7, 11) is 1.35. The third kappa shape index (κ3) is 4.95. The minimum atomic E-state index is -0.443. The minimum absolute atomic E-state index is 0.401. The van der Waals surface area contributed by atoms with Gasteiger partial charge in [0, 0.05) is 5.56 Å². The fraction of sp³-hybridized carbons (Fsp3) is 0.192. The molecule has 2 aromatic carbocycles. The molecule has 1 aliphatic rings. The van der Waals surface area contributed by atoms with Crippen molar-refractivity contribution in [2.45, 2.75) is 0 Å². The van der Waals surface area contributed by atoms with Gasteiger partial charge in [0.05, 0.1) is 50.0 Å². The van der Waals surface area contributed by atoms with Gasteiger partial charge in [-0.25, -0.2) is 9.78 Å². The largest absolute Gasteiger partial charge is 0.465 e. The summed E-state index contributed by atoms with van der Waals surface area (Å²) in [6, 6.07) is 18.6. The summed E-state index contributed by atoms with van der Waals surface area (Å²) in [6.07, 6.45) is 1.66. The molecule has 2 aromatic heterocycles. The lowest BCUT2D eigenvalue weighted by atomic mass is 10.1. The van der Waals surface area contributed by atoms with Gasteiger partial charge in [-0.05, 0) is 42.0 Å². The summed E-state index contributed by atoms with van der Waals surface area (Å²) >= 11 is 0. The van der Waals surface area contributed by atoms with Crippen LogP contribution in [0, 0.1) is 0 Å². The first-order chi connectivity index (χ1) is 17.1. The number of carbonyl (C=O) groups is 1. The number of hydrogen-bond donors (Lipinski definition) is 2. The van der Waals surface area contributed by atoms with Crippen molar-refractivity contribution >= 4 is 34.5 Å². The van der Waals surface area contributed by atoms with E-state index in [2.05, 4.69) is 15.1 Å². The zero-order valence-corrected chi connectivity index (χ0v) is 19.2. The molecule has 0 radical (unpaired) electrons. The van der Waals surface area contributed by atoms with E-state index in [1.807, 2.05) is 53.5 Å². The van der Waals surface area contributed by atoms with E-state index < -0.39 is 5.97 Å². The van der Waals surface area contributed by atoms with E-state index in [4.69, 9.17) is 19.6 Å². The molecule has 9 heteroatoms. The second-order valence-electron chi connectivity index (χ2n) is 7.99. The van der Waals surface area contributed by atoms with Gasteiger partial charge in [0.2, 0.25) is 0 Å². The molecule has 0 atom stereocenters. The Bertz CT molecular complexity index is 1400. The lowest BCUT2D eigenvalue weighted by Gasteiger charge is -2.24. The van der Waals surface area contributed by atoms with Gasteiger partial charge in [-0.3, -0.25) is 5.01 Å². The van der Waals surface area contributed by atoms with Gasteiger partial charge >= 0.3 is 5.97 Å². The number of fused-ring (bicyclic) bond motifs is 1. The zero-order valence-electron chi connectivity index (χ0n) is 19.2. The molecule has 0 amide bonds. The van der Waals surface area contributed by atoms with Crippen LogP contribution >= 0.6 is 0 Å². The normalized spacial score (nSPS) is 14.9. The van der Waals surface area contributed by atoms with Gasteiger partial charge in [0.15, 0.2) is 17.4 Å². The van der Waals surface area contributed by atoms with Crippen LogP contribution in [0.15, 0.2) is 70.2 Å². The molecule has 0 saturated carbocycles. The Balaban J connectivity index is 1.41. The average Bonchev–Trinajstić information content (AvgIpc) is 3.54. The van der Waals surface area contributed by atoms with Crippen molar-refractivity contribution in [1.82, 2.24) is 15.0 Å². The van der Waals surface area contributed by atoms with Crippen LogP contribution in [0.1, 0.15) is 16.9 Å². The summed E-state index contributed by atoms with van der Waals surface area (Å²) in [6.45, 7) is 2.72. The molecule has 3 N–H and O–H groups in total. The highest BCUT2D eigenvalue weighted by Gasteiger charge is 2.16. The SMILES string of the molecule is COC(=O)/C(=C/c1ccc(-c2nc3ccc(/C(N)=N/N4CCOCC4)cc3[nH]2)o1)c1ccccc1. The van der Waals surface area contributed by atoms with Crippen LogP contribution in [0.4, 0.5) is 0 Å². The highest BCUT2D eigenvalue weighted by atomic mass is 16.5. The number of methoxy groups -OCH3 is 1. The smallest absolute Gasteiger partial charge is 0.338 e. The van der Waals surface area contributed by atoms with Crippen molar-refractivity contribution < 1.29 is 18.7 Å². The van der Waals surface area contributed by atoms with Gasteiger partial charge < -0.3 is 24.6 Å². The Morgan fingerprint density at radius 3 is 2.69 bits per heavy atom. The zero-order chi connectivity index (χ0) is 24.2. The molecule has 3 heterocycles. The van der Waals surface area contributed by atoms with E-state index in [0.717, 1.165) is 22.2 Å². The molecule has 9 nitrogen and oxygen atoms in total. The number of benzene rings is 2. The van der Waals surface area contributed by atoms with Crippen molar-refractivity contribution in [3.8, 4) is 11.6 Å². The fourth-order valence-corrected chi connectivity index (χ4v) is 3.84. The van der Waals surface area contributed by atoms with E-state index in [0.29, 0.717) is 55.1 Å². The number of hydrazone groups is 1. The van der Waals surface area contributed by atoms with E-state index in [-0.39, 0.29) is 0 Å². The first kappa shape index (κ1) is 22.4. The number of aromatic nitrogens is 2. The monoisotopic (exact) mass is 471 g/mol. The summed E-state index contributed by atoms with van der Waals surface area (Å²) < 4.78 is 16.3. The molecule has 178 valence electrons. The Kier molecular flexibility index (Phi) is 6.32. The van der Waals surface area contributed by atoms with E-state index in [9.17, 15) is 4.79 Å². The number of hydrogen-bond acceptors (Lipinski definition) is 7. The highest BCUT2D eigenvalue weighted by molar-refractivity contribution is 6.21. The maximum absolute atomic E-state index is 12.3. The number of morpholine rings is 1. The minimum Gasteiger partial charge on any atom is -0.465 e. The Hall–Kier alpha value is -4.37. The number of aromatic amines is 1. The van der Waals surface area contributed by atoms with Gasteiger partial charge in [-0.2, -0.15) is 5.10 Å². The first-order valence-corrected chi connectivity index (χ1v) is 11.2. The average molecular weight is 472 g/mol. The maximum atomic E-state index is 12.3. The van der Waals surface area contributed by atoms with Crippen LogP contribution in [0.25, 0.3) is 34.3 Å². The highest BCUT2D eigenvalue weighted by Crippen LogP contribution is 2.26. The number of nitrogens with one attached hydrogen (secondary N) is 1.